The van der Waals surface area contributed by atoms with Crippen molar-refractivity contribution >= 4 is 27.9 Å². The highest BCUT2D eigenvalue weighted by atomic mass is 79.9. The number of hydrogen-bond donors (Lipinski definition) is 3. The maximum Gasteiger partial charge on any atom is 0.317 e. The predicted octanol–water partition coefficient (Wildman–Crippen LogP) is 2.16. The molecule has 0 aromatic heterocycles. The molecule has 1 aromatic carbocycles. The number of halogens is 1. The third kappa shape index (κ3) is 3.47. The van der Waals surface area contributed by atoms with Gasteiger partial charge in [-0.1, -0.05) is 6.07 Å². The molecule has 7 heteroatoms. The van der Waals surface area contributed by atoms with Crippen molar-refractivity contribution in [3.63, 3.8) is 0 Å². The zero-order valence-corrected chi connectivity index (χ0v) is 13.2. The number of rotatable bonds is 3. The minimum absolute atomic E-state index is 0.141. The highest BCUT2D eigenvalue weighted by Crippen LogP contribution is 2.30. The number of carbonyl (C=O) groups is 2. The highest BCUT2D eigenvalue weighted by molar-refractivity contribution is 9.10. The normalized spacial score (nSPS) is 21.3. The van der Waals surface area contributed by atoms with Gasteiger partial charge in [0.2, 0.25) is 0 Å². The van der Waals surface area contributed by atoms with Crippen molar-refractivity contribution in [1.29, 1.82) is 0 Å². The first-order valence-corrected chi connectivity index (χ1v) is 7.35. The summed E-state index contributed by atoms with van der Waals surface area (Å²) in [5.74, 6) is -0.734. The first-order valence-electron chi connectivity index (χ1n) is 6.55. The van der Waals surface area contributed by atoms with Crippen LogP contribution >= 0.6 is 15.9 Å². The summed E-state index contributed by atoms with van der Waals surface area (Å²) in [4.78, 5) is 24.7. The Morgan fingerprint density at radius 3 is 2.76 bits per heavy atom. The number of phenolic OH excluding ortho intramolecular Hbond substituents is 1. The Morgan fingerprint density at radius 2 is 2.19 bits per heavy atom. The van der Waals surface area contributed by atoms with E-state index in [1.807, 2.05) is 0 Å². The Hall–Kier alpha value is -1.76. The summed E-state index contributed by atoms with van der Waals surface area (Å²) < 4.78 is 0.564. The fraction of sp³-hybridized carbons (Fsp3) is 0.429. The molecule has 0 spiro atoms. The van der Waals surface area contributed by atoms with Crippen molar-refractivity contribution in [3.05, 3.63) is 28.2 Å². The van der Waals surface area contributed by atoms with Crippen LogP contribution in [-0.2, 0) is 11.3 Å². The number of carbonyl (C=O) groups excluding carboxylic acids is 1. The average Bonchev–Trinajstić information content (AvgIpc) is 2.84. The lowest BCUT2D eigenvalue weighted by Gasteiger charge is -2.20. The summed E-state index contributed by atoms with van der Waals surface area (Å²) >= 11 is 3.21. The number of aliphatic carboxylic acids is 1. The number of likely N-dealkylation sites (tertiary alicyclic amines) is 1. The van der Waals surface area contributed by atoms with Crippen LogP contribution < -0.4 is 5.32 Å². The van der Waals surface area contributed by atoms with Crippen LogP contribution in [-0.4, -0.2) is 40.2 Å². The maximum absolute atomic E-state index is 12.0. The molecule has 2 amide bonds. The molecule has 1 unspecified atom stereocenters. The van der Waals surface area contributed by atoms with E-state index in [-0.39, 0.29) is 18.3 Å². The van der Waals surface area contributed by atoms with Crippen LogP contribution in [0.5, 0.6) is 5.75 Å². The minimum Gasteiger partial charge on any atom is -0.507 e. The third-order valence-corrected chi connectivity index (χ3v) is 4.37. The Labute approximate surface area is 130 Å². The number of phenols is 1. The molecule has 0 saturated carbocycles. The Morgan fingerprint density at radius 1 is 1.48 bits per heavy atom. The van der Waals surface area contributed by atoms with Gasteiger partial charge in [-0.05, 0) is 47.0 Å². The van der Waals surface area contributed by atoms with Gasteiger partial charge < -0.3 is 20.4 Å². The van der Waals surface area contributed by atoms with E-state index in [4.69, 9.17) is 5.11 Å². The molecular formula is C14H17BrN2O4. The maximum atomic E-state index is 12.0. The molecule has 1 saturated heterocycles. The van der Waals surface area contributed by atoms with Gasteiger partial charge in [0.1, 0.15) is 5.75 Å². The van der Waals surface area contributed by atoms with E-state index < -0.39 is 11.4 Å². The first-order chi connectivity index (χ1) is 9.82. The quantitative estimate of drug-likeness (QED) is 0.773. The summed E-state index contributed by atoms with van der Waals surface area (Å²) in [5, 5.41) is 21.3. The van der Waals surface area contributed by atoms with Crippen LogP contribution in [0, 0.1) is 5.41 Å². The summed E-state index contributed by atoms with van der Waals surface area (Å²) in [6.45, 7) is 2.62. The standard InChI is InChI=1S/C14H17BrN2O4/c1-14(12(19)20)4-5-17(8-14)13(21)16-7-9-2-3-11(18)10(15)6-9/h2-3,6,18H,4-5,7-8H2,1H3,(H,16,21)(H,19,20). The molecule has 1 aliphatic rings. The number of nitrogens with one attached hydrogen (secondary N) is 1. The summed E-state index contributed by atoms with van der Waals surface area (Å²) in [7, 11) is 0. The van der Waals surface area contributed by atoms with Crippen LogP contribution in [0.3, 0.4) is 0 Å². The number of carboxylic acid groups (broad SMARTS) is 1. The van der Waals surface area contributed by atoms with E-state index in [1.54, 1.807) is 25.1 Å². The molecule has 21 heavy (non-hydrogen) atoms. The van der Waals surface area contributed by atoms with Crippen molar-refractivity contribution in [2.75, 3.05) is 13.1 Å². The van der Waals surface area contributed by atoms with Crippen molar-refractivity contribution in [2.45, 2.75) is 19.9 Å². The molecule has 1 atom stereocenters. The monoisotopic (exact) mass is 356 g/mol. The van der Waals surface area contributed by atoms with Crippen molar-refractivity contribution in [3.8, 4) is 5.75 Å². The Kier molecular flexibility index (Phi) is 4.41. The molecule has 1 heterocycles. The first kappa shape index (κ1) is 15.6. The lowest BCUT2D eigenvalue weighted by atomic mass is 9.90. The number of hydrogen-bond acceptors (Lipinski definition) is 3. The van der Waals surface area contributed by atoms with Crippen molar-refractivity contribution in [2.24, 2.45) is 5.41 Å². The number of benzene rings is 1. The second-order valence-corrected chi connectivity index (χ2v) is 6.34. The van der Waals surface area contributed by atoms with Crippen LogP contribution in [0.2, 0.25) is 0 Å². The van der Waals surface area contributed by atoms with E-state index in [1.165, 1.54) is 4.90 Å². The van der Waals surface area contributed by atoms with E-state index in [9.17, 15) is 14.7 Å². The molecule has 1 fully saturated rings. The van der Waals surface area contributed by atoms with Crippen molar-refractivity contribution < 1.29 is 19.8 Å². The zero-order valence-electron chi connectivity index (χ0n) is 11.6. The lowest BCUT2D eigenvalue weighted by molar-refractivity contribution is -0.147. The van der Waals surface area contributed by atoms with E-state index in [2.05, 4.69) is 21.2 Å². The van der Waals surface area contributed by atoms with Gasteiger partial charge in [-0.3, -0.25) is 4.79 Å². The van der Waals surface area contributed by atoms with E-state index >= 15 is 0 Å². The number of amides is 2. The Balaban J connectivity index is 1.91. The summed E-state index contributed by atoms with van der Waals surface area (Å²) in [6.07, 6.45) is 0.459. The predicted molar refractivity (Wildman–Crippen MR) is 80.0 cm³/mol. The second-order valence-electron chi connectivity index (χ2n) is 5.48. The Bertz CT molecular complexity index is 578. The second kappa shape index (κ2) is 5.93. The molecule has 1 aromatic rings. The SMILES string of the molecule is CC1(C(=O)O)CCN(C(=O)NCc2ccc(O)c(Br)c2)C1. The fourth-order valence-corrected chi connectivity index (χ4v) is 2.69. The van der Waals surface area contributed by atoms with Gasteiger partial charge in [0.25, 0.3) is 0 Å². The van der Waals surface area contributed by atoms with Gasteiger partial charge in [-0.2, -0.15) is 0 Å². The molecule has 0 bridgehead atoms. The number of carboxylic acids is 1. The minimum atomic E-state index is -0.875. The van der Waals surface area contributed by atoms with Gasteiger partial charge in [0.15, 0.2) is 0 Å². The third-order valence-electron chi connectivity index (χ3n) is 3.73. The number of aromatic hydroxyl groups is 1. The molecule has 2 rings (SSSR count). The van der Waals surface area contributed by atoms with E-state index in [0.29, 0.717) is 24.0 Å². The van der Waals surface area contributed by atoms with Crippen LogP contribution in [0.15, 0.2) is 22.7 Å². The average molecular weight is 357 g/mol. The smallest absolute Gasteiger partial charge is 0.317 e. The van der Waals surface area contributed by atoms with Gasteiger partial charge >= 0.3 is 12.0 Å². The molecule has 114 valence electrons. The number of nitrogens with zero attached hydrogens (tertiary/aromatic N) is 1. The van der Waals surface area contributed by atoms with Gasteiger partial charge in [0, 0.05) is 19.6 Å². The molecular weight excluding hydrogens is 340 g/mol. The van der Waals surface area contributed by atoms with Gasteiger partial charge in [-0.25, -0.2) is 4.79 Å². The molecule has 1 aliphatic heterocycles. The summed E-state index contributed by atoms with van der Waals surface area (Å²) in [5.41, 5.74) is -0.0213. The summed E-state index contributed by atoms with van der Waals surface area (Å²) in [6, 6.07) is 4.71. The largest absolute Gasteiger partial charge is 0.507 e. The van der Waals surface area contributed by atoms with Crippen LogP contribution in [0.1, 0.15) is 18.9 Å². The lowest BCUT2D eigenvalue weighted by Crippen LogP contribution is -2.40. The van der Waals surface area contributed by atoms with Gasteiger partial charge in [0.05, 0.1) is 9.89 Å². The molecule has 6 nitrogen and oxygen atoms in total. The fourth-order valence-electron chi connectivity index (χ4n) is 2.26. The molecule has 0 aliphatic carbocycles. The molecule has 0 radical (unpaired) electrons. The van der Waals surface area contributed by atoms with Crippen molar-refractivity contribution in [1.82, 2.24) is 10.2 Å². The highest BCUT2D eigenvalue weighted by Gasteiger charge is 2.42. The van der Waals surface area contributed by atoms with Crippen LogP contribution in [0.25, 0.3) is 0 Å². The zero-order chi connectivity index (χ0) is 15.6. The molecule has 3 N–H and O–H groups in total. The van der Waals surface area contributed by atoms with Gasteiger partial charge in [-0.15, -0.1) is 0 Å². The number of urea groups is 1. The van der Waals surface area contributed by atoms with Crippen LogP contribution in [0.4, 0.5) is 4.79 Å². The topological polar surface area (TPSA) is 89.9 Å². The van der Waals surface area contributed by atoms with E-state index in [0.717, 1.165) is 5.56 Å².